The lowest BCUT2D eigenvalue weighted by molar-refractivity contribution is -0.137. The van der Waals surface area contributed by atoms with Crippen molar-refractivity contribution in [3.05, 3.63) is 47.8 Å². The first-order valence-corrected chi connectivity index (χ1v) is 8.00. The van der Waals surface area contributed by atoms with Gasteiger partial charge in [-0.15, -0.1) is 0 Å². The average Bonchev–Trinajstić information content (AvgIpc) is 2.85. The Morgan fingerprint density at radius 3 is 2.72 bits per heavy atom. The summed E-state index contributed by atoms with van der Waals surface area (Å²) in [6.45, 7) is 1.15. The summed E-state index contributed by atoms with van der Waals surface area (Å²) in [7, 11) is 0. The number of nitrogens with zero attached hydrogens (tertiary/aromatic N) is 2. The van der Waals surface area contributed by atoms with Gasteiger partial charge in [0.25, 0.3) is 0 Å². The molecule has 1 amide bonds. The number of carbonyl (C=O) groups is 1. The molecule has 4 rings (SSSR count). The average molecular weight is 348 g/mol. The van der Waals surface area contributed by atoms with Gasteiger partial charge in [0.05, 0.1) is 36.0 Å². The van der Waals surface area contributed by atoms with E-state index in [9.17, 15) is 18.0 Å². The molecule has 1 saturated heterocycles. The van der Waals surface area contributed by atoms with Gasteiger partial charge < -0.3 is 9.64 Å². The molecular weight excluding hydrogens is 333 g/mol. The minimum atomic E-state index is -4.40. The second kappa shape index (κ2) is 5.84. The van der Waals surface area contributed by atoms with Crippen LogP contribution in [0, 0.1) is 0 Å². The van der Waals surface area contributed by atoms with Gasteiger partial charge in [0, 0.05) is 18.4 Å². The van der Waals surface area contributed by atoms with Gasteiger partial charge in [-0.05, 0) is 30.2 Å². The van der Waals surface area contributed by atoms with Gasteiger partial charge >= 0.3 is 6.18 Å². The Balaban J connectivity index is 1.68. The number of amides is 1. The van der Waals surface area contributed by atoms with Gasteiger partial charge in [-0.25, -0.2) is 0 Å². The Bertz CT molecular complexity index is 831. The summed E-state index contributed by atoms with van der Waals surface area (Å²) in [5, 5.41) is 0. The van der Waals surface area contributed by atoms with E-state index in [1.807, 2.05) is 0 Å². The van der Waals surface area contributed by atoms with Crippen molar-refractivity contribution < 1.29 is 22.7 Å². The number of halogens is 3. The minimum Gasteiger partial charge on any atom is -0.376 e. The van der Waals surface area contributed by atoms with Gasteiger partial charge in [0.15, 0.2) is 0 Å². The maximum absolute atomic E-state index is 12.9. The Kier molecular flexibility index (Phi) is 3.76. The first-order chi connectivity index (χ1) is 11.9. The molecule has 0 unspecified atom stereocenters. The molecule has 7 heteroatoms. The van der Waals surface area contributed by atoms with Crippen molar-refractivity contribution in [3.8, 4) is 11.1 Å². The number of carbonyl (C=O) groups excluding carboxylic acids is 1. The highest BCUT2D eigenvalue weighted by atomic mass is 19.4. The maximum atomic E-state index is 12.9. The van der Waals surface area contributed by atoms with Crippen molar-refractivity contribution >= 4 is 11.6 Å². The van der Waals surface area contributed by atoms with Crippen LogP contribution in [0.15, 0.2) is 36.5 Å². The van der Waals surface area contributed by atoms with Crippen LogP contribution in [0.1, 0.15) is 17.7 Å². The van der Waals surface area contributed by atoms with Crippen LogP contribution in [0.3, 0.4) is 0 Å². The van der Waals surface area contributed by atoms with Crippen LogP contribution in [0.5, 0.6) is 0 Å². The third kappa shape index (κ3) is 3.00. The Morgan fingerprint density at radius 1 is 1.24 bits per heavy atom. The second-order valence-electron chi connectivity index (χ2n) is 6.23. The molecule has 2 aromatic rings. The number of pyridine rings is 1. The Labute approximate surface area is 142 Å². The molecule has 1 atom stereocenters. The summed E-state index contributed by atoms with van der Waals surface area (Å²) in [6, 6.07) is 6.85. The van der Waals surface area contributed by atoms with Crippen LogP contribution in [0.25, 0.3) is 11.1 Å². The highest BCUT2D eigenvalue weighted by Gasteiger charge is 2.33. The van der Waals surface area contributed by atoms with Crippen molar-refractivity contribution in [3.63, 3.8) is 0 Å². The van der Waals surface area contributed by atoms with Gasteiger partial charge in [-0.3, -0.25) is 9.78 Å². The standard InChI is InChI=1S/C18H15F3N2O2/c19-18(20,21)13-3-1-2-11(6-13)12-7-16-15(22-9-12)8-17(24)23(16)10-14-4-5-25-14/h1-3,6-7,9,14H,4-5,8,10H2/t14-/m0/s1. The van der Waals surface area contributed by atoms with Gasteiger partial charge in [-0.2, -0.15) is 13.2 Å². The molecule has 0 N–H and O–H groups in total. The Hall–Kier alpha value is -2.41. The van der Waals surface area contributed by atoms with Crippen LogP contribution in [-0.4, -0.2) is 30.1 Å². The van der Waals surface area contributed by atoms with Crippen molar-refractivity contribution in [2.75, 3.05) is 18.1 Å². The predicted molar refractivity (Wildman–Crippen MR) is 85.1 cm³/mol. The molecule has 3 heterocycles. The molecular formula is C18H15F3N2O2. The summed E-state index contributed by atoms with van der Waals surface area (Å²) in [6.07, 6.45) is -1.74. The summed E-state index contributed by atoms with van der Waals surface area (Å²) >= 11 is 0. The lowest BCUT2D eigenvalue weighted by Gasteiger charge is -2.30. The first kappa shape index (κ1) is 16.1. The first-order valence-electron chi connectivity index (χ1n) is 8.00. The largest absolute Gasteiger partial charge is 0.416 e. The molecule has 25 heavy (non-hydrogen) atoms. The van der Waals surface area contributed by atoms with Crippen molar-refractivity contribution in [1.29, 1.82) is 0 Å². The number of rotatable bonds is 3. The molecule has 1 aromatic carbocycles. The number of hydrogen-bond donors (Lipinski definition) is 0. The van der Waals surface area contributed by atoms with Crippen LogP contribution in [-0.2, 0) is 22.1 Å². The normalized spacial score (nSPS) is 19.7. The fraction of sp³-hybridized carbons (Fsp3) is 0.333. The van der Waals surface area contributed by atoms with E-state index >= 15 is 0 Å². The maximum Gasteiger partial charge on any atom is 0.416 e. The lowest BCUT2D eigenvalue weighted by Crippen LogP contribution is -2.41. The number of anilines is 1. The monoisotopic (exact) mass is 348 g/mol. The highest BCUT2D eigenvalue weighted by Crippen LogP contribution is 2.35. The van der Waals surface area contributed by atoms with Gasteiger partial charge in [-0.1, -0.05) is 12.1 Å². The SMILES string of the molecule is O=C1Cc2ncc(-c3cccc(C(F)(F)F)c3)cc2N1C[C@@H]1CCO1. The van der Waals surface area contributed by atoms with Crippen molar-refractivity contribution in [1.82, 2.24) is 4.98 Å². The topological polar surface area (TPSA) is 42.4 Å². The smallest absolute Gasteiger partial charge is 0.376 e. The van der Waals surface area contributed by atoms with E-state index in [-0.39, 0.29) is 18.4 Å². The molecule has 2 aliphatic rings. The molecule has 130 valence electrons. The number of benzene rings is 1. The molecule has 0 spiro atoms. The van der Waals surface area contributed by atoms with Crippen LogP contribution in [0.4, 0.5) is 18.9 Å². The van der Waals surface area contributed by atoms with Crippen LogP contribution < -0.4 is 4.90 Å². The molecule has 1 aromatic heterocycles. The molecule has 1 fully saturated rings. The van der Waals surface area contributed by atoms with Crippen LogP contribution in [0.2, 0.25) is 0 Å². The zero-order valence-corrected chi connectivity index (χ0v) is 13.2. The summed E-state index contributed by atoms with van der Waals surface area (Å²) in [5.41, 5.74) is 1.58. The molecule has 0 bridgehead atoms. The quantitative estimate of drug-likeness (QED) is 0.853. The fourth-order valence-electron chi connectivity index (χ4n) is 3.09. The molecule has 4 nitrogen and oxygen atoms in total. The number of hydrogen-bond acceptors (Lipinski definition) is 3. The van der Waals surface area contributed by atoms with Gasteiger partial charge in [0.2, 0.25) is 5.91 Å². The zero-order valence-electron chi connectivity index (χ0n) is 13.2. The van der Waals surface area contributed by atoms with Crippen LogP contribution >= 0.6 is 0 Å². The zero-order chi connectivity index (χ0) is 17.6. The number of fused-ring (bicyclic) bond motifs is 1. The van der Waals surface area contributed by atoms with Gasteiger partial charge in [0.1, 0.15) is 0 Å². The van der Waals surface area contributed by atoms with E-state index in [2.05, 4.69) is 4.98 Å². The molecule has 0 radical (unpaired) electrons. The van der Waals surface area contributed by atoms with E-state index in [1.54, 1.807) is 17.0 Å². The molecule has 0 aliphatic carbocycles. The minimum absolute atomic E-state index is 0.0205. The number of ether oxygens (including phenoxy) is 1. The van der Waals surface area contributed by atoms with E-state index in [0.29, 0.717) is 35.7 Å². The van der Waals surface area contributed by atoms with Crippen molar-refractivity contribution in [2.24, 2.45) is 0 Å². The second-order valence-corrected chi connectivity index (χ2v) is 6.23. The van der Waals surface area contributed by atoms with E-state index < -0.39 is 11.7 Å². The fourth-order valence-corrected chi connectivity index (χ4v) is 3.09. The number of aromatic nitrogens is 1. The summed E-state index contributed by atoms with van der Waals surface area (Å²) in [4.78, 5) is 18.1. The molecule has 2 aliphatic heterocycles. The predicted octanol–water partition coefficient (Wildman–Crippen LogP) is 3.45. The Morgan fingerprint density at radius 2 is 2.04 bits per heavy atom. The van der Waals surface area contributed by atoms with Crippen molar-refractivity contribution in [2.45, 2.75) is 25.1 Å². The third-order valence-electron chi connectivity index (χ3n) is 4.56. The third-order valence-corrected chi connectivity index (χ3v) is 4.56. The highest BCUT2D eigenvalue weighted by molar-refractivity contribution is 6.01. The summed E-state index contributed by atoms with van der Waals surface area (Å²) < 4.78 is 44.2. The van der Waals surface area contributed by atoms with E-state index in [1.165, 1.54) is 12.3 Å². The summed E-state index contributed by atoms with van der Waals surface area (Å²) in [5.74, 6) is -0.0563. The lowest BCUT2D eigenvalue weighted by atomic mass is 10.0. The van der Waals surface area contributed by atoms with E-state index in [4.69, 9.17) is 4.74 Å². The molecule has 0 saturated carbocycles. The number of alkyl halides is 3. The van der Waals surface area contributed by atoms with E-state index in [0.717, 1.165) is 18.6 Å².